The molecular weight excluding hydrogens is 345 g/mol. The predicted octanol–water partition coefficient (Wildman–Crippen LogP) is 2.74. The molecule has 1 aromatic carbocycles. The minimum atomic E-state index is -0.605. The standard InChI is InChI=1S/C20H26FN5O/c1-13(15-6-8-16(21)9-7-15)18-20(24-17(12-23-18)19(22)27)25(3)14(2)26-10-4-5-11-26/h6-9,12-14H,4-5,10-11H2,1-3H3,(H2,22,27). The summed E-state index contributed by atoms with van der Waals surface area (Å²) in [6, 6.07) is 6.37. The fraction of sp³-hybridized carbons (Fsp3) is 0.450. The molecule has 0 bridgehead atoms. The van der Waals surface area contributed by atoms with E-state index < -0.39 is 5.91 Å². The molecule has 144 valence electrons. The van der Waals surface area contributed by atoms with Crippen LogP contribution in [-0.2, 0) is 0 Å². The molecule has 2 N–H and O–H groups in total. The summed E-state index contributed by atoms with van der Waals surface area (Å²) < 4.78 is 13.3. The molecule has 27 heavy (non-hydrogen) atoms. The zero-order valence-electron chi connectivity index (χ0n) is 16.0. The Hall–Kier alpha value is -2.54. The molecule has 6 nitrogen and oxygen atoms in total. The third-order valence-corrected chi connectivity index (χ3v) is 5.38. The predicted molar refractivity (Wildman–Crippen MR) is 103 cm³/mol. The van der Waals surface area contributed by atoms with E-state index in [1.165, 1.54) is 31.2 Å². The lowest BCUT2D eigenvalue weighted by atomic mass is 9.97. The average Bonchev–Trinajstić information content (AvgIpc) is 3.21. The maximum Gasteiger partial charge on any atom is 0.268 e. The minimum absolute atomic E-state index is 0.108. The van der Waals surface area contributed by atoms with E-state index in [1.807, 2.05) is 18.9 Å². The monoisotopic (exact) mass is 371 g/mol. The Morgan fingerprint density at radius 1 is 1.22 bits per heavy atom. The van der Waals surface area contributed by atoms with Gasteiger partial charge in [-0.3, -0.25) is 14.7 Å². The smallest absolute Gasteiger partial charge is 0.268 e. The third-order valence-electron chi connectivity index (χ3n) is 5.38. The van der Waals surface area contributed by atoms with Gasteiger partial charge in [-0.15, -0.1) is 0 Å². The van der Waals surface area contributed by atoms with Crippen LogP contribution in [0.2, 0.25) is 0 Å². The number of carbonyl (C=O) groups is 1. The van der Waals surface area contributed by atoms with Crippen molar-refractivity contribution in [3.8, 4) is 0 Å². The minimum Gasteiger partial charge on any atom is -0.364 e. The highest BCUT2D eigenvalue weighted by Gasteiger charge is 2.27. The Morgan fingerprint density at radius 3 is 2.44 bits per heavy atom. The summed E-state index contributed by atoms with van der Waals surface area (Å²) in [5.41, 5.74) is 7.23. The largest absolute Gasteiger partial charge is 0.364 e. The van der Waals surface area contributed by atoms with Crippen molar-refractivity contribution in [3.63, 3.8) is 0 Å². The molecule has 1 fully saturated rings. The normalized spacial score (nSPS) is 16.9. The molecule has 0 saturated carbocycles. The molecule has 3 rings (SSSR count). The SMILES string of the molecule is CC(c1ccc(F)cc1)c1ncc(C(N)=O)nc1N(C)C(C)N1CCCC1. The van der Waals surface area contributed by atoms with E-state index in [9.17, 15) is 9.18 Å². The number of anilines is 1. The van der Waals surface area contributed by atoms with Crippen LogP contribution in [0.1, 0.15) is 54.4 Å². The number of hydrogen-bond acceptors (Lipinski definition) is 5. The number of carbonyl (C=O) groups excluding carboxylic acids is 1. The van der Waals surface area contributed by atoms with Gasteiger partial charge in [-0.05, 0) is 37.5 Å². The van der Waals surface area contributed by atoms with Crippen molar-refractivity contribution in [1.29, 1.82) is 0 Å². The lowest BCUT2D eigenvalue weighted by molar-refractivity contribution is 0.0995. The summed E-state index contributed by atoms with van der Waals surface area (Å²) in [5, 5.41) is 0. The highest BCUT2D eigenvalue weighted by Crippen LogP contribution is 2.31. The van der Waals surface area contributed by atoms with Crippen LogP contribution in [0.5, 0.6) is 0 Å². The number of amides is 1. The molecule has 2 heterocycles. The molecule has 1 aromatic heterocycles. The first kappa shape index (κ1) is 19.2. The van der Waals surface area contributed by atoms with Gasteiger partial charge in [-0.2, -0.15) is 0 Å². The van der Waals surface area contributed by atoms with Gasteiger partial charge in [-0.25, -0.2) is 9.37 Å². The molecule has 0 spiro atoms. The zero-order valence-corrected chi connectivity index (χ0v) is 16.0. The Kier molecular flexibility index (Phi) is 5.70. The molecule has 1 amide bonds. The Balaban J connectivity index is 1.99. The van der Waals surface area contributed by atoms with E-state index in [-0.39, 0.29) is 23.6 Å². The summed E-state index contributed by atoms with van der Waals surface area (Å²) in [6.07, 6.45) is 3.90. The second kappa shape index (κ2) is 8.00. The van der Waals surface area contributed by atoms with Crippen LogP contribution in [0.25, 0.3) is 0 Å². The Labute approximate surface area is 159 Å². The van der Waals surface area contributed by atoms with Crippen molar-refractivity contribution in [2.75, 3.05) is 25.0 Å². The van der Waals surface area contributed by atoms with Gasteiger partial charge in [0.1, 0.15) is 11.5 Å². The number of rotatable bonds is 6. The van der Waals surface area contributed by atoms with Crippen molar-refractivity contribution in [2.45, 2.75) is 38.8 Å². The molecule has 1 saturated heterocycles. The number of aromatic nitrogens is 2. The van der Waals surface area contributed by atoms with Crippen molar-refractivity contribution in [1.82, 2.24) is 14.9 Å². The maximum absolute atomic E-state index is 13.3. The van der Waals surface area contributed by atoms with Gasteiger partial charge in [0.05, 0.1) is 18.1 Å². The molecule has 2 aromatic rings. The summed E-state index contributed by atoms with van der Waals surface area (Å²) in [7, 11) is 1.96. The van der Waals surface area contributed by atoms with Gasteiger partial charge in [-0.1, -0.05) is 19.1 Å². The van der Waals surface area contributed by atoms with Gasteiger partial charge < -0.3 is 10.6 Å². The number of nitrogens with two attached hydrogens (primary N) is 1. The van der Waals surface area contributed by atoms with E-state index in [4.69, 9.17) is 5.73 Å². The molecular formula is C20H26FN5O. The lowest BCUT2D eigenvalue weighted by Gasteiger charge is -2.34. The molecule has 7 heteroatoms. The Bertz CT molecular complexity index is 805. The quantitative estimate of drug-likeness (QED) is 0.845. The molecule has 0 radical (unpaired) electrons. The van der Waals surface area contributed by atoms with Crippen LogP contribution in [0.4, 0.5) is 10.2 Å². The van der Waals surface area contributed by atoms with Crippen LogP contribution in [0, 0.1) is 5.82 Å². The number of benzene rings is 1. The first-order valence-electron chi connectivity index (χ1n) is 9.27. The van der Waals surface area contributed by atoms with Gasteiger partial charge in [0, 0.05) is 26.1 Å². The van der Waals surface area contributed by atoms with E-state index in [0.29, 0.717) is 5.82 Å². The van der Waals surface area contributed by atoms with E-state index in [1.54, 1.807) is 12.1 Å². The third kappa shape index (κ3) is 4.08. The summed E-state index contributed by atoms with van der Waals surface area (Å²) >= 11 is 0. The molecule has 0 aliphatic carbocycles. The van der Waals surface area contributed by atoms with Crippen LogP contribution in [-0.4, -0.2) is 47.1 Å². The number of nitrogens with zero attached hydrogens (tertiary/aromatic N) is 4. The van der Waals surface area contributed by atoms with Crippen molar-refractivity contribution >= 4 is 11.7 Å². The number of likely N-dealkylation sites (tertiary alicyclic amines) is 1. The van der Waals surface area contributed by atoms with E-state index in [2.05, 4.69) is 21.8 Å². The lowest BCUT2D eigenvalue weighted by Crippen LogP contribution is -2.44. The highest BCUT2D eigenvalue weighted by molar-refractivity contribution is 5.90. The van der Waals surface area contributed by atoms with Gasteiger partial charge in [0.2, 0.25) is 0 Å². The second-order valence-corrected chi connectivity index (χ2v) is 7.09. The van der Waals surface area contributed by atoms with Gasteiger partial charge >= 0.3 is 0 Å². The number of primary amides is 1. The topological polar surface area (TPSA) is 75.3 Å². The van der Waals surface area contributed by atoms with Crippen LogP contribution >= 0.6 is 0 Å². The molecule has 2 unspecified atom stereocenters. The fourth-order valence-corrected chi connectivity index (χ4v) is 3.52. The Morgan fingerprint density at radius 2 is 1.85 bits per heavy atom. The average molecular weight is 371 g/mol. The summed E-state index contributed by atoms with van der Waals surface area (Å²) in [5.74, 6) is -0.362. The van der Waals surface area contributed by atoms with E-state index >= 15 is 0 Å². The zero-order chi connectivity index (χ0) is 19.6. The van der Waals surface area contributed by atoms with Crippen molar-refractivity contribution in [3.05, 3.63) is 53.2 Å². The van der Waals surface area contributed by atoms with Gasteiger partial charge in [0.15, 0.2) is 5.82 Å². The van der Waals surface area contributed by atoms with E-state index in [0.717, 1.165) is 24.3 Å². The van der Waals surface area contributed by atoms with Crippen LogP contribution in [0.3, 0.4) is 0 Å². The summed E-state index contributed by atoms with van der Waals surface area (Å²) in [4.78, 5) is 25.1. The maximum atomic E-state index is 13.3. The second-order valence-electron chi connectivity index (χ2n) is 7.09. The molecule has 1 aliphatic rings. The first-order chi connectivity index (χ1) is 12.9. The summed E-state index contributed by atoms with van der Waals surface area (Å²) in [6.45, 7) is 6.20. The number of halogens is 1. The molecule has 1 aliphatic heterocycles. The molecule has 2 atom stereocenters. The van der Waals surface area contributed by atoms with Gasteiger partial charge in [0.25, 0.3) is 5.91 Å². The van der Waals surface area contributed by atoms with Crippen LogP contribution in [0.15, 0.2) is 30.5 Å². The fourth-order valence-electron chi connectivity index (χ4n) is 3.52. The van der Waals surface area contributed by atoms with Crippen LogP contribution < -0.4 is 10.6 Å². The van der Waals surface area contributed by atoms with Crippen molar-refractivity contribution in [2.24, 2.45) is 5.73 Å². The highest BCUT2D eigenvalue weighted by atomic mass is 19.1. The first-order valence-corrected chi connectivity index (χ1v) is 9.27. The van der Waals surface area contributed by atoms with Crippen molar-refractivity contribution < 1.29 is 9.18 Å². The number of hydrogen-bond donors (Lipinski definition) is 1.